The maximum Gasteiger partial charge on any atom is 0.0364 e. The molecule has 0 aliphatic carbocycles. The Morgan fingerprint density at radius 1 is 0.846 bits per heavy atom. The lowest BCUT2D eigenvalue weighted by atomic mass is 10.1. The molecule has 0 aliphatic rings. The van der Waals surface area contributed by atoms with E-state index in [0.29, 0.717) is 0 Å². The highest BCUT2D eigenvalue weighted by molar-refractivity contribution is 9.14. The van der Waals surface area contributed by atoms with Crippen LogP contribution in [-0.4, -0.2) is 0 Å². The first-order valence-electron chi connectivity index (χ1n) is 3.82. The molecule has 0 radical (unpaired) electrons. The summed E-state index contributed by atoms with van der Waals surface area (Å²) in [6, 6.07) is 0. The van der Waals surface area contributed by atoms with Crippen molar-refractivity contribution < 1.29 is 0 Å². The largest absolute Gasteiger partial charge is 0.0612 e. The first-order chi connectivity index (χ1) is 6.00. The third kappa shape index (κ3) is 2.21. The molecule has 0 bridgehead atoms. The summed E-state index contributed by atoms with van der Waals surface area (Å²) in [7, 11) is 0. The normalized spacial score (nSPS) is 10.6. The van der Waals surface area contributed by atoms with Gasteiger partial charge in [-0.25, -0.2) is 0 Å². The molecule has 0 saturated heterocycles. The van der Waals surface area contributed by atoms with E-state index in [1.165, 1.54) is 11.1 Å². The molecule has 72 valence electrons. The van der Waals surface area contributed by atoms with Crippen LogP contribution in [0.5, 0.6) is 0 Å². The van der Waals surface area contributed by atoms with E-state index < -0.39 is 0 Å². The highest BCUT2D eigenvalue weighted by Gasteiger charge is 2.14. The van der Waals surface area contributed by atoms with Crippen molar-refractivity contribution in [3.8, 4) is 0 Å². The second kappa shape index (κ2) is 4.77. The Kier molecular flexibility index (Phi) is 4.48. The van der Waals surface area contributed by atoms with Crippen LogP contribution in [0.2, 0.25) is 0 Å². The Bertz CT molecular complexity index is 315. The van der Waals surface area contributed by atoms with Gasteiger partial charge in [-0.15, -0.1) is 0 Å². The fraction of sp³-hybridized carbons (Fsp3) is 0.333. The number of hydrogen-bond acceptors (Lipinski definition) is 0. The van der Waals surface area contributed by atoms with E-state index in [1.54, 1.807) is 0 Å². The Morgan fingerprint density at radius 3 is 1.54 bits per heavy atom. The first kappa shape index (κ1) is 12.2. The van der Waals surface area contributed by atoms with Crippen molar-refractivity contribution in [2.45, 2.75) is 20.3 Å². The van der Waals surface area contributed by atoms with Crippen LogP contribution in [-0.2, 0) is 6.42 Å². The molecule has 0 fully saturated rings. The lowest BCUT2D eigenvalue weighted by Crippen LogP contribution is -1.91. The molecule has 0 nitrogen and oxygen atoms in total. The molecule has 0 aromatic heterocycles. The van der Waals surface area contributed by atoms with Gasteiger partial charge in [-0.3, -0.25) is 0 Å². The van der Waals surface area contributed by atoms with Gasteiger partial charge < -0.3 is 0 Å². The average Bonchev–Trinajstić information content (AvgIpc) is 2.13. The van der Waals surface area contributed by atoms with Gasteiger partial charge in [-0.05, 0) is 88.2 Å². The zero-order valence-corrected chi connectivity index (χ0v) is 13.6. The van der Waals surface area contributed by atoms with Crippen LogP contribution < -0.4 is 0 Å². The van der Waals surface area contributed by atoms with Crippen LogP contribution in [0.15, 0.2) is 17.9 Å². The van der Waals surface area contributed by atoms with Crippen molar-refractivity contribution >= 4 is 63.7 Å². The zero-order valence-electron chi connectivity index (χ0n) is 7.22. The van der Waals surface area contributed by atoms with Gasteiger partial charge in [0.05, 0.1) is 0 Å². The van der Waals surface area contributed by atoms with Crippen LogP contribution in [0.25, 0.3) is 0 Å². The predicted molar refractivity (Wildman–Crippen MR) is 71.4 cm³/mol. The summed E-state index contributed by atoms with van der Waals surface area (Å²) in [4.78, 5) is 0. The average molecular weight is 436 g/mol. The van der Waals surface area contributed by atoms with Crippen molar-refractivity contribution in [3.05, 3.63) is 29.0 Å². The topological polar surface area (TPSA) is 0 Å². The molecule has 0 saturated carbocycles. The lowest BCUT2D eigenvalue weighted by Gasteiger charge is -2.12. The molecule has 0 heterocycles. The third-order valence-corrected chi connectivity index (χ3v) is 6.72. The van der Waals surface area contributed by atoms with E-state index in [9.17, 15) is 0 Å². The SMILES string of the molecule is CCc1c(Br)c(Br)c(C)c(Br)c1Br. The zero-order chi connectivity index (χ0) is 10.2. The minimum atomic E-state index is 0.999. The quantitative estimate of drug-likeness (QED) is 0.503. The summed E-state index contributed by atoms with van der Waals surface area (Å²) in [5.74, 6) is 0. The number of hydrogen-bond donors (Lipinski definition) is 0. The second-order valence-electron chi connectivity index (χ2n) is 2.71. The summed E-state index contributed by atoms with van der Waals surface area (Å²) in [6.45, 7) is 4.21. The van der Waals surface area contributed by atoms with Crippen molar-refractivity contribution in [1.29, 1.82) is 0 Å². The van der Waals surface area contributed by atoms with Crippen LogP contribution in [0.4, 0.5) is 0 Å². The summed E-state index contributed by atoms with van der Waals surface area (Å²) < 4.78 is 4.53. The number of halogens is 4. The molecule has 13 heavy (non-hydrogen) atoms. The van der Waals surface area contributed by atoms with Gasteiger partial charge in [0.1, 0.15) is 0 Å². The molecule has 0 spiro atoms. The fourth-order valence-corrected chi connectivity index (χ4v) is 4.06. The summed E-state index contributed by atoms with van der Waals surface area (Å²) in [5, 5.41) is 0. The van der Waals surface area contributed by atoms with Crippen LogP contribution in [0.1, 0.15) is 18.1 Å². The van der Waals surface area contributed by atoms with Crippen LogP contribution >= 0.6 is 63.7 Å². The van der Waals surface area contributed by atoms with Crippen LogP contribution in [0, 0.1) is 6.92 Å². The molecule has 1 rings (SSSR count). The van der Waals surface area contributed by atoms with Crippen molar-refractivity contribution in [2.75, 3.05) is 0 Å². The minimum absolute atomic E-state index is 0.999. The monoisotopic (exact) mass is 432 g/mol. The van der Waals surface area contributed by atoms with Crippen molar-refractivity contribution in [3.63, 3.8) is 0 Å². The molecule has 1 aromatic rings. The predicted octanol–water partition coefficient (Wildman–Crippen LogP) is 5.61. The number of rotatable bonds is 1. The molecule has 0 amide bonds. The fourth-order valence-electron chi connectivity index (χ4n) is 1.10. The van der Waals surface area contributed by atoms with Crippen molar-refractivity contribution in [2.24, 2.45) is 0 Å². The first-order valence-corrected chi connectivity index (χ1v) is 6.99. The maximum atomic E-state index is 3.58. The van der Waals surface area contributed by atoms with Gasteiger partial charge in [0, 0.05) is 17.9 Å². The molecular weight excluding hydrogens is 428 g/mol. The smallest absolute Gasteiger partial charge is 0.0364 e. The second-order valence-corrected chi connectivity index (χ2v) is 5.89. The van der Waals surface area contributed by atoms with Gasteiger partial charge in [0.2, 0.25) is 0 Å². The summed E-state index contributed by atoms with van der Waals surface area (Å²) in [6.07, 6.45) is 0.999. The molecular formula is C9H8Br4. The molecule has 1 aromatic carbocycles. The van der Waals surface area contributed by atoms with E-state index in [4.69, 9.17) is 0 Å². The van der Waals surface area contributed by atoms with Crippen molar-refractivity contribution in [1.82, 2.24) is 0 Å². The molecule has 4 heteroatoms. The standard InChI is InChI=1S/C9H8Br4/c1-3-5-8(12)6(10)4(2)7(11)9(5)13/h3H2,1-2H3. The summed E-state index contributed by atoms with van der Waals surface area (Å²) in [5.41, 5.74) is 2.49. The number of benzene rings is 1. The van der Waals surface area contributed by atoms with E-state index >= 15 is 0 Å². The molecule has 0 aliphatic heterocycles. The molecule has 0 N–H and O–H groups in total. The van der Waals surface area contributed by atoms with Gasteiger partial charge >= 0.3 is 0 Å². The van der Waals surface area contributed by atoms with E-state index in [1.807, 2.05) is 0 Å². The third-order valence-electron chi connectivity index (χ3n) is 1.93. The van der Waals surface area contributed by atoms with Gasteiger partial charge in [-0.1, -0.05) is 6.92 Å². The molecule has 0 unspecified atom stereocenters. The van der Waals surface area contributed by atoms with Gasteiger partial charge in [-0.2, -0.15) is 0 Å². The molecule has 0 atom stereocenters. The Morgan fingerprint density at radius 2 is 1.23 bits per heavy atom. The van der Waals surface area contributed by atoms with E-state index in [0.717, 1.165) is 24.3 Å². The van der Waals surface area contributed by atoms with Gasteiger partial charge in [0.25, 0.3) is 0 Å². The maximum absolute atomic E-state index is 3.58. The van der Waals surface area contributed by atoms with E-state index in [-0.39, 0.29) is 0 Å². The lowest BCUT2D eigenvalue weighted by molar-refractivity contribution is 1.09. The van der Waals surface area contributed by atoms with Gasteiger partial charge in [0.15, 0.2) is 0 Å². The highest BCUT2D eigenvalue weighted by atomic mass is 79.9. The Balaban J connectivity index is 3.56. The Labute approximate surface area is 112 Å². The minimum Gasteiger partial charge on any atom is -0.0612 e. The summed E-state index contributed by atoms with van der Waals surface area (Å²) >= 11 is 14.3. The highest BCUT2D eigenvalue weighted by Crippen LogP contribution is 2.41. The Hall–Kier alpha value is 1.14. The van der Waals surface area contributed by atoms with Crippen LogP contribution in [0.3, 0.4) is 0 Å². The van der Waals surface area contributed by atoms with E-state index in [2.05, 4.69) is 77.6 Å².